The number of hydrogen-bond donors (Lipinski definition) is 2. The summed E-state index contributed by atoms with van der Waals surface area (Å²) in [7, 11) is 0. The molecule has 1 saturated heterocycles. The minimum atomic E-state index is 0.280. The lowest BCUT2D eigenvalue weighted by Crippen LogP contribution is -2.46. The highest BCUT2D eigenvalue weighted by Gasteiger charge is 2.46. The predicted octanol–water partition coefficient (Wildman–Crippen LogP) is 1.55. The maximum Gasteiger partial charge on any atom is 0.137 e. The second-order valence-corrected chi connectivity index (χ2v) is 5.77. The molecule has 1 saturated carbocycles. The minimum absolute atomic E-state index is 0.280. The molecule has 4 nitrogen and oxygen atoms in total. The molecule has 19 heavy (non-hydrogen) atoms. The molecule has 0 aromatic carbocycles. The second kappa shape index (κ2) is 5.47. The van der Waals surface area contributed by atoms with Gasteiger partial charge in [-0.25, -0.2) is 0 Å². The number of pyridine rings is 1. The van der Waals surface area contributed by atoms with Crippen molar-refractivity contribution in [1.29, 1.82) is 0 Å². The molecule has 4 heteroatoms. The first-order chi connectivity index (χ1) is 9.29. The molecule has 0 amide bonds. The van der Waals surface area contributed by atoms with E-state index in [0.29, 0.717) is 23.8 Å². The number of nitrogens with zero attached hydrogens (tertiary/aromatic N) is 1. The molecular formula is C15H22N2O2. The Morgan fingerprint density at radius 2 is 2.32 bits per heavy atom. The zero-order valence-electron chi connectivity index (χ0n) is 11.4. The third-order valence-corrected chi connectivity index (χ3v) is 4.52. The molecule has 1 aliphatic heterocycles. The highest BCUT2D eigenvalue weighted by Crippen LogP contribution is 2.55. The van der Waals surface area contributed by atoms with Gasteiger partial charge in [0.15, 0.2) is 0 Å². The van der Waals surface area contributed by atoms with Crippen LogP contribution >= 0.6 is 0 Å². The fraction of sp³-hybridized carbons (Fsp3) is 0.667. The zero-order chi connectivity index (χ0) is 13.2. The van der Waals surface area contributed by atoms with E-state index in [1.807, 2.05) is 6.20 Å². The third kappa shape index (κ3) is 2.74. The van der Waals surface area contributed by atoms with E-state index in [1.165, 1.54) is 12.0 Å². The van der Waals surface area contributed by atoms with Gasteiger partial charge >= 0.3 is 0 Å². The van der Waals surface area contributed by atoms with Gasteiger partial charge < -0.3 is 15.2 Å². The van der Waals surface area contributed by atoms with Crippen LogP contribution in [0.3, 0.4) is 0 Å². The number of aliphatic hydroxyl groups excluding tert-OH is 1. The van der Waals surface area contributed by atoms with Gasteiger partial charge in [0.2, 0.25) is 0 Å². The molecule has 3 rings (SSSR count). The average Bonchev–Trinajstić information content (AvgIpc) is 2.99. The fourth-order valence-corrected chi connectivity index (χ4v) is 3.07. The van der Waals surface area contributed by atoms with Crippen LogP contribution < -0.4 is 10.1 Å². The van der Waals surface area contributed by atoms with Crippen molar-refractivity contribution in [3.63, 3.8) is 0 Å². The van der Waals surface area contributed by atoms with Crippen LogP contribution in [0, 0.1) is 11.8 Å². The molecule has 1 aliphatic carbocycles. The van der Waals surface area contributed by atoms with Crippen molar-refractivity contribution in [1.82, 2.24) is 10.3 Å². The maximum atomic E-state index is 9.05. The van der Waals surface area contributed by atoms with Gasteiger partial charge in [0.25, 0.3) is 0 Å². The van der Waals surface area contributed by atoms with Crippen LogP contribution in [-0.4, -0.2) is 35.9 Å². The SMILES string of the molecule is C[C@H]1[C@H](CCO)[C@H]1c1cncc(OC[C@@H]2CCN2)c1. The van der Waals surface area contributed by atoms with E-state index in [-0.39, 0.29) is 6.61 Å². The summed E-state index contributed by atoms with van der Waals surface area (Å²) in [5.74, 6) is 2.67. The Kier molecular flexibility index (Phi) is 3.71. The van der Waals surface area contributed by atoms with E-state index in [0.717, 1.165) is 25.3 Å². The minimum Gasteiger partial charge on any atom is -0.490 e. The van der Waals surface area contributed by atoms with Crippen molar-refractivity contribution in [2.75, 3.05) is 19.8 Å². The van der Waals surface area contributed by atoms with Crippen LogP contribution in [0.25, 0.3) is 0 Å². The topological polar surface area (TPSA) is 54.4 Å². The van der Waals surface area contributed by atoms with E-state index >= 15 is 0 Å². The van der Waals surface area contributed by atoms with E-state index < -0.39 is 0 Å². The van der Waals surface area contributed by atoms with Gasteiger partial charge in [0.1, 0.15) is 12.4 Å². The van der Waals surface area contributed by atoms with Crippen molar-refractivity contribution >= 4 is 0 Å². The molecule has 2 heterocycles. The lowest BCUT2D eigenvalue weighted by atomic mass is 10.1. The first-order valence-corrected chi connectivity index (χ1v) is 7.21. The molecule has 4 atom stereocenters. The van der Waals surface area contributed by atoms with Crippen LogP contribution in [0.15, 0.2) is 18.5 Å². The van der Waals surface area contributed by atoms with E-state index in [9.17, 15) is 0 Å². The largest absolute Gasteiger partial charge is 0.490 e. The monoisotopic (exact) mass is 262 g/mol. The molecule has 104 valence electrons. The fourth-order valence-electron chi connectivity index (χ4n) is 3.07. The van der Waals surface area contributed by atoms with Crippen molar-refractivity contribution in [2.45, 2.75) is 31.7 Å². The molecule has 1 aromatic rings. The number of nitrogens with one attached hydrogen (secondary N) is 1. The summed E-state index contributed by atoms with van der Waals surface area (Å²) in [5.41, 5.74) is 1.25. The summed E-state index contributed by atoms with van der Waals surface area (Å²) in [6.07, 6.45) is 5.82. The van der Waals surface area contributed by atoms with Crippen molar-refractivity contribution in [3.8, 4) is 5.75 Å². The summed E-state index contributed by atoms with van der Waals surface area (Å²) in [6, 6.07) is 2.62. The van der Waals surface area contributed by atoms with Gasteiger partial charge in [-0.3, -0.25) is 4.98 Å². The van der Waals surface area contributed by atoms with Crippen LogP contribution in [0.1, 0.15) is 31.2 Å². The Bertz CT molecular complexity index is 434. The van der Waals surface area contributed by atoms with Gasteiger partial charge in [-0.15, -0.1) is 0 Å². The summed E-state index contributed by atoms with van der Waals surface area (Å²) in [5, 5.41) is 12.4. The molecule has 2 N–H and O–H groups in total. The molecule has 0 bridgehead atoms. The first-order valence-electron chi connectivity index (χ1n) is 7.21. The van der Waals surface area contributed by atoms with Crippen molar-refractivity contribution in [3.05, 3.63) is 24.0 Å². The first kappa shape index (κ1) is 12.9. The molecule has 0 spiro atoms. The maximum absolute atomic E-state index is 9.05. The molecule has 2 fully saturated rings. The predicted molar refractivity (Wildman–Crippen MR) is 73.2 cm³/mol. The molecule has 0 unspecified atom stereocenters. The smallest absolute Gasteiger partial charge is 0.137 e. The Hall–Kier alpha value is -1.13. The molecule has 0 radical (unpaired) electrons. The number of aliphatic hydroxyl groups is 1. The Balaban J connectivity index is 1.60. The third-order valence-electron chi connectivity index (χ3n) is 4.52. The normalized spacial score (nSPS) is 32.7. The summed E-state index contributed by atoms with van der Waals surface area (Å²) in [6.45, 7) is 4.36. The number of hydrogen-bond acceptors (Lipinski definition) is 4. The highest BCUT2D eigenvalue weighted by molar-refractivity contribution is 5.31. The Morgan fingerprint density at radius 3 is 3.00 bits per heavy atom. The summed E-state index contributed by atoms with van der Waals surface area (Å²) >= 11 is 0. The standard InChI is InChI=1S/C15H22N2O2/c1-10-14(3-5-18)15(10)11-6-13(8-16-7-11)19-9-12-2-4-17-12/h6-8,10,12,14-15,17-18H,2-5,9H2,1H3/t10-,12-,14-,15+/m0/s1. The van der Waals surface area contributed by atoms with E-state index in [1.54, 1.807) is 6.20 Å². The van der Waals surface area contributed by atoms with Crippen LogP contribution in [0.2, 0.25) is 0 Å². The number of rotatable bonds is 6. The van der Waals surface area contributed by atoms with Crippen LogP contribution in [0.4, 0.5) is 0 Å². The summed E-state index contributed by atoms with van der Waals surface area (Å²) in [4.78, 5) is 4.29. The van der Waals surface area contributed by atoms with Gasteiger partial charge in [0, 0.05) is 18.8 Å². The van der Waals surface area contributed by atoms with Crippen molar-refractivity contribution < 1.29 is 9.84 Å². The van der Waals surface area contributed by atoms with Crippen molar-refractivity contribution in [2.24, 2.45) is 11.8 Å². The summed E-state index contributed by atoms with van der Waals surface area (Å²) < 4.78 is 5.78. The molecular weight excluding hydrogens is 240 g/mol. The van der Waals surface area contributed by atoms with Gasteiger partial charge in [-0.05, 0) is 48.8 Å². The highest BCUT2D eigenvalue weighted by atomic mass is 16.5. The Morgan fingerprint density at radius 1 is 1.47 bits per heavy atom. The number of aromatic nitrogens is 1. The lowest BCUT2D eigenvalue weighted by Gasteiger charge is -2.27. The van der Waals surface area contributed by atoms with Gasteiger partial charge in [0.05, 0.1) is 6.20 Å². The lowest BCUT2D eigenvalue weighted by molar-refractivity contribution is 0.216. The van der Waals surface area contributed by atoms with Gasteiger partial charge in [-0.2, -0.15) is 0 Å². The van der Waals surface area contributed by atoms with Gasteiger partial charge in [-0.1, -0.05) is 6.92 Å². The second-order valence-electron chi connectivity index (χ2n) is 5.77. The van der Waals surface area contributed by atoms with E-state index in [4.69, 9.17) is 9.84 Å². The van der Waals surface area contributed by atoms with E-state index in [2.05, 4.69) is 23.3 Å². The Labute approximate surface area is 114 Å². The van der Waals surface area contributed by atoms with Crippen LogP contribution in [0.5, 0.6) is 5.75 Å². The average molecular weight is 262 g/mol. The molecule has 1 aromatic heterocycles. The van der Waals surface area contributed by atoms with Crippen LogP contribution in [-0.2, 0) is 0 Å². The zero-order valence-corrected chi connectivity index (χ0v) is 11.4. The number of ether oxygens (including phenoxy) is 1. The quantitative estimate of drug-likeness (QED) is 0.817. The molecule has 2 aliphatic rings.